The topological polar surface area (TPSA) is 59.1 Å². The lowest BCUT2D eigenvalue weighted by atomic mass is 10.1. The molecule has 0 unspecified atom stereocenters. The molecule has 1 fully saturated rings. The fourth-order valence-corrected chi connectivity index (χ4v) is 3.55. The van der Waals surface area contributed by atoms with Crippen molar-refractivity contribution in [1.82, 2.24) is 9.80 Å². The number of amides is 1. The van der Waals surface area contributed by atoms with E-state index in [1.54, 1.807) is 20.3 Å². The minimum Gasteiger partial charge on any atom is -0.493 e. The van der Waals surface area contributed by atoms with Crippen LogP contribution in [0.5, 0.6) is 11.5 Å². The van der Waals surface area contributed by atoms with Crippen LogP contribution >= 0.6 is 0 Å². The van der Waals surface area contributed by atoms with Gasteiger partial charge in [0.05, 0.1) is 14.2 Å². The highest BCUT2D eigenvalue weighted by atomic mass is 16.5. The highest BCUT2D eigenvalue weighted by molar-refractivity contribution is 6.16. The van der Waals surface area contributed by atoms with Gasteiger partial charge in [0.25, 0.3) is 0 Å². The molecule has 0 radical (unpaired) electrons. The van der Waals surface area contributed by atoms with Crippen molar-refractivity contribution in [1.29, 1.82) is 0 Å². The van der Waals surface area contributed by atoms with Crippen molar-refractivity contribution in [3.05, 3.63) is 34.9 Å². The molecule has 1 saturated heterocycles. The van der Waals surface area contributed by atoms with Gasteiger partial charge in [0, 0.05) is 55.9 Å². The SMILES string of the molecule is COc1cc2c(cc1OC)C(=O)/C(=C/C(=O)N1CCN(C(C)C)CC1)C2. The van der Waals surface area contributed by atoms with Crippen LogP contribution in [-0.2, 0) is 11.2 Å². The maximum Gasteiger partial charge on any atom is 0.247 e. The number of ketones is 1. The lowest BCUT2D eigenvalue weighted by molar-refractivity contribution is -0.128. The van der Waals surface area contributed by atoms with Crippen molar-refractivity contribution in [3.63, 3.8) is 0 Å². The maximum atomic E-state index is 12.7. The molecule has 26 heavy (non-hydrogen) atoms. The number of allylic oxidation sites excluding steroid dienone is 1. The lowest BCUT2D eigenvalue weighted by Crippen LogP contribution is -2.50. The van der Waals surface area contributed by atoms with E-state index in [-0.39, 0.29) is 11.7 Å². The molecule has 1 amide bonds. The number of carbonyl (C=O) groups excluding carboxylic acids is 2. The maximum absolute atomic E-state index is 12.7. The van der Waals surface area contributed by atoms with Crippen LogP contribution in [0.3, 0.4) is 0 Å². The summed E-state index contributed by atoms with van der Waals surface area (Å²) in [5, 5.41) is 0. The molecule has 140 valence electrons. The lowest BCUT2D eigenvalue weighted by Gasteiger charge is -2.36. The zero-order chi connectivity index (χ0) is 18.8. The van der Waals surface area contributed by atoms with Crippen LogP contribution in [-0.4, -0.2) is 67.9 Å². The Labute approximate surface area is 154 Å². The summed E-state index contributed by atoms with van der Waals surface area (Å²) in [5.74, 6) is 0.937. The summed E-state index contributed by atoms with van der Waals surface area (Å²) in [5.41, 5.74) is 1.99. The van der Waals surface area contributed by atoms with Crippen LogP contribution in [0.2, 0.25) is 0 Å². The first kappa shape index (κ1) is 18.5. The molecule has 0 N–H and O–H groups in total. The van der Waals surface area contributed by atoms with Crippen molar-refractivity contribution in [2.45, 2.75) is 26.3 Å². The molecule has 6 heteroatoms. The minimum atomic E-state index is -0.102. The summed E-state index contributed by atoms with van der Waals surface area (Å²) >= 11 is 0. The van der Waals surface area contributed by atoms with Crippen molar-refractivity contribution in [2.75, 3.05) is 40.4 Å². The molecule has 0 atom stereocenters. The number of nitrogens with zero attached hydrogens (tertiary/aromatic N) is 2. The molecule has 1 aliphatic heterocycles. The zero-order valence-corrected chi connectivity index (χ0v) is 15.9. The van der Waals surface area contributed by atoms with Crippen molar-refractivity contribution < 1.29 is 19.1 Å². The largest absolute Gasteiger partial charge is 0.493 e. The Morgan fingerprint density at radius 3 is 2.27 bits per heavy atom. The van der Waals surface area contributed by atoms with E-state index in [0.29, 0.717) is 48.2 Å². The number of methoxy groups -OCH3 is 2. The van der Waals surface area contributed by atoms with Crippen LogP contribution < -0.4 is 9.47 Å². The number of piperazine rings is 1. The summed E-state index contributed by atoms with van der Waals surface area (Å²) in [4.78, 5) is 29.5. The summed E-state index contributed by atoms with van der Waals surface area (Å²) in [6.07, 6.45) is 1.96. The number of hydrogen-bond donors (Lipinski definition) is 0. The van der Waals surface area contributed by atoms with Gasteiger partial charge in [0.15, 0.2) is 17.3 Å². The molecule has 0 saturated carbocycles. The molecule has 1 heterocycles. The van der Waals surface area contributed by atoms with E-state index < -0.39 is 0 Å². The van der Waals surface area contributed by atoms with Gasteiger partial charge in [-0.2, -0.15) is 0 Å². The van der Waals surface area contributed by atoms with E-state index in [1.165, 1.54) is 6.08 Å². The molecular formula is C20H26N2O4. The quantitative estimate of drug-likeness (QED) is 0.770. The highest BCUT2D eigenvalue weighted by Gasteiger charge is 2.29. The molecular weight excluding hydrogens is 332 g/mol. The van der Waals surface area contributed by atoms with E-state index in [9.17, 15) is 9.59 Å². The molecule has 0 spiro atoms. The minimum absolute atomic E-state index is 0.0801. The van der Waals surface area contributed by atoms with Gasteiger partial charge in [-0.1, -0.05) is 0 Å². The average molecular weight is 358 g/mol. The van der Waals surface area contributed by atoms with E-state index in [0.717, 1.165) is 18.7 Å². The Balaban J connectivity index is 1.74. The second kappa shape index (κ2) is 7.50. The fraction of sp³-hybridized carbons (Fsp3) is 0.500. The molecule has 1 aromatic rings. The zero-order valence-electron chi connectivity index (χ0n) is 15.9. The smallest absolute Gasteiger partial charge is 0.247 e. The normalized spacial score (nSPS) is 19.2. The second-order valence-electron chi connectivity index (χ2n) is 6.99. The Hall–Kier alpha value is -2.34. The number of benzene rings is 1. The monoisotopic (exact) mass is 358 g/mol. The first-order valence-corrected chi connectivity index (χ1v) is 8.97. The Morgan fingerprint density at radius 1 is 1.08 bits per heavy atom. The van der Waals surface area contributed by atoms with Crippen LogP contribution in [0.15, 0.2) is 23.8 Å². The third-order valence-electron chi connectivity index (χ3n) is 5.18. The van der Waals surface area contributed by atoms with Gasteiger partial charge < -0.3 is 14.4 Å². The van der Waals surface area contributed by atoms with E-state index in [1.807, 2.05) is 11.0 Å². The van der Waals surface area contributed by atoms with Crippen LogP contribution in [0.4, 0.5) is 0 Å². The number of Topliss-reactive ketones (excluding diaryl/α,β-unsaturated/α-hetero) is 1. The Bertz CT molecular complexity index is 746. The van der Waals surface area contributed by atoms with Gasteiger partial charge >= 0.3 is 0 Å². The number of rotatable bonds is 4. The molecule has 3 rings (SSSR count). The molecule has 1 aromatic carbocycles. The van der Waals surface area contributed by atoms with Gasteiger partial charge in [0.1, 0.15) is 0 Å². The summed E-state index contributed by atoms with van der Waals surface area (Å²) < 4.78 is 10.6. The van der Waals surface area contributed by atoms with Gasteiger partial charge in [-0.05, 0) is 31.5 Å². The number of carbonyl (C=O) groups is 2. The van der Waals surface area contributed by atoms with Gasteiger partial charge in [-0.25, -0.2) is 0 Å². The van der Waals surface area contributed by atoms with Gasteiger partial charge in [-0.3, -0.25) is 14.5 Å². The summed E-state index contributed by atoms with van der Waals surface area (Å²) in [6.45, 7) is 7.46. The number of ether oxygens (including phenoxy) is 2. The standard InChI is InChI=1S/C20H26N2O4/c1-13(2)21-5-7-22(8-6-21)19(23)11-15-9-14-10-17(25-3)18(26-4)12-16(14)20(15)24/h10-13H,5-9H2,1-4H3/b15-11+. The molecule has 0 bridgehead atoms. The summed E-state index contributed by atoms with van der Waals surface area (Å²) in [6, 6.07) is 4.00. The first-order valence-electron chi connectivity index (χ1n) is 8.97. The van der Waals surface area contributed by atoms with E-state index >= 15 is 0 Å². The van der Waals surface area contributed by atoms with E-state index in [4.69, 9.17) is 9.47 Å². The van der Waals surface area contributed by atoms with E-state index in [2.05, 4.69) is 18.7 Å². The molecule has 0 aromatic heterocycles. The Kier molecular flexibility index (Phi) is 5.32. The molecule has 6 nitrogen and oxygen atoms in total. The number of fused-ring (bicyclic) bond motifs is 1. The van der Waals surface area contributed by atoms with Crippen LogP contribution in [0.1, 0.15) is 29.8 Å². The van der Waals surface area contributed by atoms with Crippen molar-refractivity contribution >= 4 is 11.7 Å². The third-order valence-corrected chi connectivity index (χ3v) is 5.18. The predicted molar refractivity (Wildman–Crippen MR) is 99.0 cm³/mol. The van der Waals surface area contributed by atoms with Crippen LogP contribution in [0.25, 0.3) is 0 Å². The van der Waals surface area contributed by atoms with Crippen molar-refractivity contribution in [2.24, 2.45) is 0 Å². The number of hydrogen-bond acceptors (Lipinski definition) is 5. The Morgan fingerprint density at radius 2 is 1.69 bits per heavy atom. The van der Waals surface area contributed by atoms with Crippen molar-refractivity contribution in [3.8, 4) is 11.5 Å². The summed E-state index contributed by atoms with van der Waals surface area (Å²) in [7, 11) is 3.11. The van der Waals surface area contributed by atoms with Crippen LogP contribution in [0, 0.1) is 0 Å². The third kappa shape index (κ3) is 3.46. The predicted octanol–water partition coefficient (Wildman–Crippen LogP) is 1.92. The van der Waals surface area contributed by atoms with Gasteiger partial charge in [-0.15, -0.1) is 0 Å². The fourth-order valence-electron chi connectivity index (χ4n) is 3.55. The highest BCUT2D eigenvalue weighted by Crippen LogP contribution is 2.36. The molecule has 2 aliphatic rings. The first-order chi connectivity index (χ1) is 12.4. The average Bonchev–Trinajstić information content (AvgIpc) is 2.95. The molecule has 1 aliphatic carbocycles. The van der Waals surface area contributed by atoms with Gasteiger partial charge in [0.2, 0.25) is 5.91 Å². The second-order valence-corrected chi connectivity index (χ2v) is 6.99.